The summed E-state index contributed by atoms with van der Waals surface area (Å²) in [7, 11) is 0. The lowest BCUT2D eigenvalue weighted by atomic mass is 10.0. The minimum Gasteiger partial charge on any atom is -0.368 e. The number of carbonyl (C=O) groups is 3. The number of benzene rings is 3. The number of amides is 3. The van der Waals surface area contributed by atoms with Crippen LogP contribution < -0.4 is 21.5 Å². The van der Waals surface area contributed by atoms with Crippen molar-refractivity contribution in [1.29, 1.82) is 0 Å². The molecule has 2 aliphatic rings. The summed E-state index contributed by atoms with van der Waals surface area (Å²) in [5, 5.41) is 2.75. The molecule has 10 nitrogen and oxygen atoms in total. The fourth-order valence-corrected chi connectivity index (χ4v) is 5.80. The first-order valence-corrected chi connectivity index (χ1v) is 13.3. The lowest BCUT2D eigenvalue weighted by molar-refractivity contribution is -0.124. The minimum atomic E-state index is -1.14. The summed E-state index contributed by atoms with van der Waals surface area (Å²) in [6.07, 6.45) is 1.21. The van der Waals surface area contributed by atoms with Crippen LogP contribution in [0.25, 0.3) is 10.9 Å². The quantitative estimate of drug-likeness (QED) is 0.381. The second kappa shape index (κ2) is 10.1. The van der Waals surface area contributed by atoms with Crippen LogP contribution in [-0.2, 0) is 27.2 Å². The zero-order valence-electron chi connectivity index (χ0n) is 22.6. The Labute approximate surface area is 235 Å². The summed E-state index contributed by atoms with van der Waals surface area (Å²) in [5.74, 6) is -0.986. The van der Waals surface area contributed by atoms with Gasteiger partial charge < -0.3 is 16.0 Å². The molecule has 2 aliphatic heterocycles. The van der Waals surface area contributed by atoms with E-state index in [4.69, 9.17) is 5.73 Å². The fourth-order valence-electron chi connectivity index (χ4n) is 5.80. The highest BCUT2D eigenvalue weighted by atomic mass is 16.2. The van der Waals surface area contributed by atoms with Crippen molar-refractivity contribution in [3.63, 3.8) is 0 Å². The average Bonchev–Trinajstić information content (AvgIpc) is 3.26. The molecule has 2 atom stereocenters. The molecule has 0 bridgehead atoms. The molecule has 6 rings (SSSR count). The smallest absolute Gasteiger partial charge is 0.273 e. The van der Waals surface area contributed by atoms with Crippen molar-refractivity contribution in [2.45, 2.75) is 38.9 Å². The molecule has 3 N–H and O–H groups in total. The molecule has 3 amide bonds. The van der Waals surface area contributed by atoms with Crippen LogP contribution in [0.2, 0.25) is 0 Å². The SMILES string of the molecule is Cc1cc2c3c(c1)CC(c1ccccc1)N3C(=O)C(n1c(C)nc3cc(CC(=O)NCC(N)=O)ccc3c1=O)N=C2. The summed E-state index contributed by atoms with van der Waals surface area (Å²) >= 11 is 0. The highest BCUT2D eigenvalue weighted by Crippen LogP contribution is 2.45. The number of rotatable bonds is 6. The van der Waals surface area contributed by atoms with Gasteiger partial charge in [0, 0.05) is 11.8 Å². The third kappa shape index (κ3) is 4.67. The van der Waals surface area contributed by atoms with Crippen LogP contribution in [-0.4, -0.2) is 40.0 Å². The first-order valence-electron chi connectivity index (χ1n) is 13.3. The Morgan fingerprint density at radius 3 is 2.59 bits per heavy atom. The molecule has 10 heteroatoms. The number of nitrogens with one attached hydrogen (secondary N) is 1. The van der Waals surface area contributed by atoms with E-state index in [1.165, 1.54) is 4.57 Å². The van der Waals surface area contributed by atoms with Crippen LogP contribution in [0.5, 0.6) is 0 Å². The zero-order valence-corrected chi connectivity index (χ0v) is 22.6. The normalized spacial score (nSPS) is 17.4. The Morgan fingerprint density at radius 1 is 1.05 bits per heavy atom. The molecule has 41 heavy (non-hydrogen) atoms. The first-order chi connectivity index (χ1) is 19.7. The lowest BCUT2D eigenvalue weighted by Gasteiger charge is -2.29. The number of aryl methyl sites for hydroxylation is 2. The Morgan fingerprint density at radius 2 is 1.83 bits per heavy atom. The standard InChI is InChI=1S/C31H28N6O4/c1-17-10-21-14-25(20-6-4-3-5-7-20)37-28(21)22(11-17)15-34-29(31(37)41)36-18(2)35-24-12-19(8-9-23(24)30(36)40)13-27(39)33-16-26(32)38/h3-12,15,25,29H,13-14,16H2,1-2H3,(H2,32,38)(H,33,39). The Bertz CT molecular complexity index is 1830. The summed E-state index contributed by atoms with van der Waals surface area (Å²) in [6.45, 7) is 3.44. The number of hydrogen-bond acceptors (Lipinski definition) is 6. The van der Waals surface area contributed by atoms with Gasteiger partial charge in [0.2, 0.25) is 18.0 Å². The molecule has 0 fully saturated rings. The largest absolute Gasteiger partial charge is 0.368 e. The molecular formula is C31H28N6O4. The number of aliphatic imine (C=N–C) groups is 1. The van der Waals surface area contributed by atoms with E-state index < -0.39 is 17.6 Å². The maximum atomic E-state index is 14.3. The van der Waals surface area contributed by atoms with Gasteiger partial charge in [-0.3, -0.25) is 28.7 Å². The molecule has 0 aliphatic carbocycles. The summed E-state index contributed by atoms with van der Waals surface area (Å²) in [5.41, 5.74) is 10.5. The van der Waals surface area contributed by atoms with E-state index in [9.17, 15) is 19.2 Å². The first kappa shape index (κ1) is 26.1. The number of fused-ring (bicyclic) bond motifs is 1. The van der Waals surface area contributed by atoms with Crippen molar-refractivity contribution in [3.8, 4) is 0 Å². The van der Waals surface area contributed by atoms with E-state index in [1.54, 1.807) is 36.2 Å². The van der Waals surface area contributed by atoms with Crippen LogP contribution in [0.4, 0.5) is 5.69 Å². The van der Waals surface area contributed by atoms with Gasteiger partial charge in [0.15, 0.2) is 0 Å². The van der Waals surface area contributed by atoms with Gasteiger partial charge in [-0.05, 0) is 55.2 Å². The lowest BCUT2D eigenvalue weighted by Crippen LogP contribution is -2.41. The molecule has 0 spiro atoms. The third-order valence-corrected chi connectivity index (χ3v) is 7.54. The number of primary amides is 1. The van der Waals surface area contributed by atoms with Gasteiger partial charge in [0.25, 0.3) is 11.5 Å². The van der Waals surface area contributed by atoms with E-state index in [2.05, 4.69) is 21.4 Å². The fraction of sp³-hybridized carbons (Fsp3) is 0.226. The van der Waals surface area contributed by atoms with Crippen molar-refractivity contribution in [2.75, 3.05) is 11.4 Å². The molecule has 3 heterocycles. The minimum absolute atomic E-state index is 0.00567. The Kier molecular flexibility index (Phi) is 6.45. The Hall–Kier alpha value is -5.12. The third-order valence-electron chi connectivity index (χ3n) is 7.54. The number of nitrogens with zero attached hydrogens (tertiary/aromatic N) is 4. The average molecular weight is 549 g/mol. The molecular weight excluding hydrogens is 520 g/mol. The van der Waals surface area contributed by atoms with E-state index in [-0.39, 0.29) is 30.8 Å². The van der Waals surface area contributed by atoms with Crippen LogP contribution in [0.1, 0.15) is 45.8 Å². The highest BCUT2D eigenvalue weighted by molar-refractivity contribution is 6.07. The van der Waals surface area contributed by atoms with Gasteiger partial charge in [0.1, 0.15) is 5.82 Å². The summed E-state index contributed by atoms with van der Waals surface area (Å²) < 4.78 is 1.35. The van der Waals surface area contributed by atoms with Gasteiger partial charge in [-0.2, -0.15) is 0 Å². The number of aromatic nitrogens is 2. The van der Waals surface area contributed by atoms with Crippen molar-refractivity contribution < 1.29 is 14.4 Å². The maximum Gasteiger partial charge on any atom is 0.273 e. The van der Waals surface area contributed by atoms with Crippen LogP contribution >= 0.6 is 0 Å². The highest BCUT2D eigenvalue weighted by Gasteiger charge is 2.42. The van der Waals surface area contributed by atoms with E-state index in [1.807, 2.05) is 43.3 Å². The second-order valence-electron chi connectivity index (χ2n) is 10.5. The summed E-state index contributed by atoms with van der Waals surface area (Å²) in [4.78, 5) is 62.3. The maximum absolute atomic E-state index is 14.3. The molecule has 1 aromatic heterocycles. The van der Waals surface area contributed by atoms with Crippen LogP contribution in [0, 0.1) is 13.8 Å². The number of anilines is 1. The van der Waals surface area contributed by atoms with Crippen molar-refractivity contribution in [1.82, 2.24) is 14.9 Å². The molecule has 3 aromatic carbocycles. The number of hydrogen-bond donors (Lipinski definition) is 2. The molecule has 0 radical (unpaired) electrons. The topological polar surface area (TPSA) is 140 Å². The molecule has 206 valence electrons. The van der Waals surface area contributed by atoms with Gasteiger partial charge in [-0.15, -0.1) is 0 Å². The monoisotopic (exact) mass is 548 g/mol. The van der Waals surface area contributed by atoms with E-state index in [0.29, 0.717) is 28.7 Å². The second-order valence-corrected chi connectivity index (χ2v) is 10.5. The zero-order chi connectivity index (χ0) is 28.8. The van der Waals surface area contributed by atoms with Crippen LogP contribution in [0.15, 0.2) is 70.5 Å². The predicted molar refractivity (Wildman–Crippen MR) is 155 cm³/mol. The van der Waals surface area contributed by atoms with Crippen LogP contribution in [0.3, 0.4) is 0 Å². The van der Waals surface area contributed by atoms with Gasteiger partial charge in [-0.1, -0.05) is 48.0 Å². The molecule has 0 saturated heterocycles. The molecule has 0 saturated carbocycles. The van der Waals surface area contributed by atoms with Gasteiger partial charge >= 0.3 is 0 Å². The Balaban J connectivity index is 1.41. The van der Waals surface area contributed by atoms with Gasteiger partial charge in [-0.25, -0.2) is 4.98 Å². The predicted octanol–water partition coefficient (Wildman–Crippen LogP) is 2.42. The molecule has 2 unspecified atom stereocenters. The van der Waals surface area contributed by atoms with E-state index >= 15 is 0 Å². The van der Waals surface area contributed by atoms with Crippen molar-refractivity contribution in [3.05, 3.63) is 105 Å². The number of carbonyl (C=O) groups excluding carboxylic acids is 3. The van der Waals surface area contributed by atoms with Gasteiger partial charge in [0.05, 0.1) is 35.6 Å². The number of nitrogens with two attached hydrogens (primary N) is 1. The summed E-state index contributed by atoms with van der Waals surface area (Å²) in [6, 6.07) is 18.7. The van der Waals surface area contributed by atoms with Crippen molar-refractivity contribution >= 4 is 40.5 Å². The van der Waals surface area contributed by atoms with E-state index in [0.717, 1.165) is 27.9 Å². The van der Waals surface area contributed by atoms with Crippen molar-refractivity contribution in [2.24, 2.45) is 10.7 Å². The molecule has 4 aromatic rings.